The molecule has 0 radical (unpaired) electrons. The molecule has 0 aliphatic carbocycles. The molecule has 0 unspecified atom stereocenters. The van der Waals surface area contributed by atoms with Gasteiger partial charge in [-0.05, 0) is 13.8 Å². The van der Waals surface area contributed by atoms with E-state index in [0.717, 1.165) is 0 Å². The molecule has 9 heavy (non-hydrogen) atoms. The molecule has 0 aromatic carbocycles. The molecule has 1 heterocycles. The first-order chi connectivity index (χ1) is 4.18. The zero-order valence-corrected chi connectivity index (χ0v) is 5.59. The van der Waals surface area contributed by atoms with Crippen molar-refractivity contribution >= 4 is 5.78 Å². The largest absolute Gasteiger partial charge is 0.323 e. The number of ketones is 1. The van der Waals surface area contributed by atoms with Crippen LogP contribution in [0.1, 0.15) is 20.3 Å². The van der Waals surface area contributed by atoms with Crippen molar-refractivity contribution in [3.8, 4) is 0 Å². The molecular formula is C6H10O3. The minimum Gasteiger partial charge on any atom is -0.323 e. The molecule has 0 bridgehead atoms. The van der Waals surface area contributed by atoms with Crippen molar-refractivity contribution < 1.29 is 14.3 Å². The molecule has 3 nitrogen and oxygen atoms in total. The maximum atomic E-state index is 10.4. The zero-order valence-electron chi connectivity index (χ0n) is 5.59. The lowest BCUT2D eigenvalue weighted by Gasteiger charge is -2.32. The van der Waals surface area contributed by atoms with Gasteiger partial charge in [-0.25, -0.2) is 0 Å². The Labute approximate surface area is 53.9 Å². The highest BCUT2D eigenvalue weighted by Gasteiger charge is 2.27. The first kappa shape index (κ1) is 6.71. The van der Waals surface area contributed by atoms with E-state index in [0.29, 0.717) is 6.42 Å². The van der Waals surface area contributed by atoms with Crippen LogP contribution in [0.4, 0.5) is 0 Å². The Kier molecular flexibility index (Phi) is 1.83. The molecule has 3 heteroatoms. The molecule has 0 amide bonds. The van der Waals surface area contributed by atoms with Gasteiger partial charge in [0.15, 0.2) is 12.6 Å². The van der Waals surface area contributed by atoms with Gasteiger partial charge < -0.3 is 9.47 Å². The summed E-state index contributed by atoms with van der Waals surface area (Å²) < 4.78 is 10.0. The standard InChI is InChI=1S/C6H10O3/c1-4(7)3-6-8-5(2)9-6/h5-6H,3H2,1-2H3. The highest BCUT2D eigenvalue weighted by Crippen LogP contribution is 2.18. The van der Waals surface area contributed by atoms with Crippen molar-refractivity contribution in [3.05, 3.63) is 0 Å². The summed E-state index contributed by atoms with van der Waals surface area (Å²) in [7, 11) is 0. The number of carbonyl (C=O) groups is 1. The molecular weight excluding hydrogens is 120 g/mol. The van der Waals surface area contributed by atoms with Crippen molar-refractivity contribution in [1.82, 2.24) is 0 Å². The molecule has 1 fully saturated rings. The molecule has 1 aliphatic heterocycles. The van der Waals surface area contributed by atoms with Crippen LogP contribution in [0.2, 0.25) is 0 Å². The highest BCUT2D eigenvalue weighted by molar-refractivity contribution is 5.75. The van der Waals surface area contributed by atoms with Crippen molar-refractivity contribution in [2.45, 2.75) is 32.8 Å². The van der Waals surface area contributed by atoms with Crippen LogP contribution in [-0.2, 0) is 14.3 Å². The Morgan fingerprint density at radius 3 is 2.44 bits per heavy atom. The predicted molar refractivity (Wildman–Crippen MR) is 30.7 cm³/mol. The van der Waals surface area contributed by atoms with Gasteiger partial charge in [-0.3, -0.25) is 4.79 Å². The van der Waals surface area contributed by atoms with Gasteiger partial charge in [-0.15, -0.1) is 0 Å². The number of hydrogen-bond donors (Lipinski definition) is 0. The Bertz CT molecular complexity index is 115. The number of hydrogen-bond acceptors (Lipinski definition) is 3. The Morgan fingerprint density at radius 2 is 2.11 bits per heavy atom. The summed E-state index contributed by atoms with van der Waals surface area (Å²) in [6, 6.07) is 0. The van der Waals surface area contributed by atoms with Crippen molar-refractivity contribution in [1.29, 1.82) is 0 Å². The van der Waals surface area contributed by atoms with E-state index in [1.165, 1.54) is 6.92 Å². The van der Waals surface area contributed by atoms with Crippen LogP contribution in [0.15, 0.2) is 0 Å². The molecule has 0 aromatic heterocycles. The molecule has 1 rings (SSSR count). The third-order valence-corrected chi connectivity index (χ3v) is 1.14. The molecule has 0 atom stereocenters. The second kappa shape index (κ2) is 2.45. The van der Waals surface area contributed by atoms with Crippen LogP contribution in [0.3, 0.4) is 0 Å². The second-order valence-corrected chi connectivity index (χ2v) is 2.18. The minimum atomic E-state index is -0.266. The monoisotopic (exact) mass is 130 g/mol. The molecule has 1 aliphatic rings. The average molecular weight is 130 g/mol. The maximum Gasteiger partial charge on any atom is 0.170 e. The quantitative estimate of drug-likeness (QED) is 0.551. The predicted octanol–water partition coefficient (Wildman–Crippen LogP) is 0.684. The molecule has 0 aromatic rings. The molecule has 0 N–H and O–H groups in total. The van der Waals surface area contributed by atoms with Crippen molar-refractivity contribution in [3.63, 3.8) is 0 Å². The summed E-state index contributed by atoms with van der Waals surface area (Å²) in [5.74, 6) is 0.104. The fourth-order valence-corrected chi connectivity index (χ4v) is 0.769. The first-order valence-electron chi connectivity index (χ1n) is 2.99. The Hall–Kier alpha value is -0.410. The normalized spacial score (nSPS) is 33.6. The summed E-state index contributed by atoms with van der Waals surface area (Å²) in [5, 5.41) is 0. The van der Waals surface area contributed by atoms with Gasteiger partial charge in [0.1, 0.15) is 5.78 Å². The number of carbonyl (C=O) groups excluding carboxylic acids is 1. The third kappa shape index (κ3) is 1.77. The van der Waals surface area contributed by atoms with Gasteiger partial charge in [0.25, 0.3) is 0 Å². The fraction of sp³-hybridized carbons (Fsp3) is 0.833. The second-order valence-electron chi connectivity index (χ2n) is 2.18. The SMILES string of the molecule is CC(=O)CC1OC(C)O1. The van der Waals surface area contributed by atoms with Crippen LogP contribution < -0.4 is 0 Å². The van der Waals surface area contributed by atoms with E-state index in [2.05, 4.69) is 0 Å². The van der Waals surface area contributed by atoms with E-state index in [1.54, 1.807) is 6.92 Å². The summed E-state index contributed by atoms with van der Waals surface area (Å²) in [5.41, 5.74) is 0. The zero-order chi connectivity index (χ0) is 6.85. The van der Waals surface area contributed by atoms with Gasteiger partial charge in [-0.1, -0.05) is 0 Å². The fourth-order valence-electron chi connectivity index (χ4n) is 0.769. The van der Waals surface area contributed by atoms with Gasteiger partial charge in [0.05, 0.1) is 6.42 Å². The summed E-state index contributed by atoms with van der Waals surface area (Å²) in [6.45, 7) is 3.33. The Balaban J connectivity index is 2.11. The maximum absolute atomic E-state index is 10.4. The van der Waals surface area contributed by atoms with E-state index in [-0.39, 0.29) is 18.4 Å². The molecule has 1 saturated heterocycles. The van der Waals surface area contributed by atoms with Crippen molar-refractivity contribution in [2.24, 2.45) is 0 Å². The van der Waals surface area contributed by atoms with E-state index in [9.17, 15) is 4.79 Å². The van der Waals surface area contributed by atoms with Crippen LogP contribution in [0.25, 0.3) is 0 Å². The van der Waals surface area contributed by atoms with Crippen LogP contribution in [-0.4, -0.2) is 18.4 Å². The van der Waals surface area contributed by atoms with Gasteiger partial charge in [0, 0.05) is 0 Å². The van der Waals surface area contributed by atoms with Crippen LogP contribution >= 0.6 is 0 Å². The van der Waals surface area contributed by atoms with E-state index < -0.39 is 0 Å². The number of ether oxygens (including phenoxy) is 2. The first-order valence-corrected chi connectivity index (χ1v) is 2.99. The van der Waals surface area contributed by atoms with Crippen LogP contribution in [0, 0.1) is 0 Å². The summed E-state index contributed by atoms with van der Waals surface area (Å²) in [6.07, 6.45) is -0.00324. The third-order valence-electron chi connectivity index (χ3n) is 1.14. The summed E-state index contributed by atoms with van der Waals surface area (Å²) in [4.78, 5) is 10.4. The van der Waals surface area contributed by atoms with E-state index >= 15 is 0 Å². The molecule has 0 spiro atoms. The highest BCUT2D eigenvalue weighted by atomic mass is 16.9. The van der Waals surface area contributed by atoms with Gasteiger partial charge in [-0.2, -0.15) is 0 Å². The lowest BCUT2D eigenvalue weighted by atomic mass is 10.3. The lowest BCUT2D eigenvalue weighted by Crippen LogP contribution is -2.39. The smallest absolute Gasteiger partial charge is 0.170 e. The number of rotatable bonds is 2. The van der Waals surface area contributed by atoms with Crippen LogP contribution in [0.5, 0.6) is 0 Å². The van der Waals surface area contributed by atoms with E-state index in [1.807, 2.05) is 0 Å². The average Bonchev–Trinajstić information content (AvgIpc) is 1.60. The lowest BCUT2D eigenvalue weighted by molar-refractivity contribution is -0.373. The minimum absolute atomic E-state index is 0.104. The Morgan fingerprint density at radius 1 is 1.56 bits per heavy atom. The summed E-state index contributed by atoms with van der Waals surface area (Å²) >= 11 is 0. The number of Topliss-reactive ketones (excluding diaryl/α,β-unsaturated/α-hetero) is 1. The topological polar surface area (TPSA) is 35.5 Å². The molecule has 0 saturated carbocycles. The van der Waals surface area contributed by atoms with Gasteiger partial charge >= 0.3 is 0 Å². The van der Waals surface area contributed by atoms with E-state index in [4.69, 9.17) is 9.47 Å². The van der Waals surface area contributed by atoms with Crippen molar-refractivity contribution in [2.75, 3.05) is 0 Å². The molecule has 52 valence electrons. The van der Waals surface area contributed by atoms with Gasteiger partial charge in [0.2, 0.25) is 0 Å².